The van der Waals surface area contributed by atoms with Crippen LogP contribution in [0, 0.1) is 0 Å². The molecule has 2 aromatic carbocycles. The molecular weight excluding hydrogens is 380 g/mol. The summed E-state index contributed by atoms with van der Waals surface area (Å²) in [5.41, 5.74) is 1.02. The van der Waals surface area contributed by atoms with Crippen LogP contribution in [0.1, 0.15) is 10.4 Å². The van der Waals surface area contributed by atoms with Crippen LogP contribution in [0.5, 0.6) is 0 Å². The minimum absolute atomic E-state index is 0.198. The molecule has 3 aromatic rings. The maximum absolute atomic E-state index is 12.4. The summed E-state index contributed by atoms with van der Waals surface area (Å²) < 4.78 is 27.5. The van der Waals surface area contributed by atoms with Crippen molar-refractivity contribution >= 4 is 50.2 Å². The summed E-state index contributed by atoms with van der Waals surface area (Å²) >= 11 is 7.01. The Morgan fingerprint density at radius 3 is 2.40 bits per heavy atom. The van der Waals surface area contributed by atoms with Crippen LogP contribution in [-0.2, 0) is 10.0 Å². The third-order valence-electron chi connectivity index (χ3n) is 3.27. The highest BCUT2D eigenvalue weighted by Crippen LogP contribution is 2.26. The van der Waals surface area contributed by atoms with E-state index in [-0.39, 0.29) is 15.8 Å². The fraction of sp³-hybridized carbons (Fsp3) is 0. The highest BCUT2D eigenvalue weighted by molar-refractivity contribution is 7.94. The Hall–Kier alpha value is -2.35. The maximum atomic E-state index is 12.4. The molecule has 25 heavy (non-hydrogen) atoms. The number of benzene rings is 2. The maximum Gasteiger partial charge on any atom is 0.271 e. The zero-order valence-electron chi connectivity index (χ0n) is 12.8. The van der Waals surface area contributed by atoms with Crippen molar-refractivity contribution in [2.75, 3.05) is 10.0 Å². The van der Waals surface area contributed by atoms with Crippen molar-refractivity contribution in [2.24, 2.45) is 0 Å². The molecule has 0 radical (unpaired) electrons. The van der Waals surface area contributed by atoms with Crippen molar-refractivity contribution in [1.29, 1.82) is 0 Å². The molecule has 0 saturated carbocycles. The number of amides is 1. The van der Waals surface area contributed by atoms with Crippen LogP contribution in [-0.4, -0.2) is 14.3 Å². The van der Waals surface area contributed by atoms with Gasteiger partial charge in [-0.15, -0.1) is 11.3 Å². The van der Waals surface area contributed by atoms with Crippen LogP contribution in [0.25, 0.3) is 0 Å². The first kappa shape index (κ1) is 17.5. The molecule has 0 fully saturated rings. The molecule has 5 nitrogen and oxygen atoms in total. The van der Waals surface area contributed by atoms with Crippen LogP contribution in [0.4, 0.5) is 11.4 Å². The van der Waals surface area contributed by atoms with Crippen molar-refractivity contribution in [3.63, 3.8) is 0 Å². The number of hydrogen-bond donors (Lipinski definition) is 2. The molecule has 1 aromatic heterocycles. The predicted octanol–water partition coefficient (Wildman–Crippen LogP) is 4.45. The van der Waals surface area contributed by atoms with E-state index in [1.54, 1.807) is 53.9 Å². The first-order valence-electron chi connectivity index (χ1n) is 7.18. The van der Waals surface area contributed by atoms with Gasteiger partial charge in [0.2, 0.25) is 0 Å². The van der Waals surface area contributed by atoms with E-state index in [1.807, 2.05) is 0 Å². The van der Waals surface area contributed by atoms with Gasteiger partial charge in [0.1, 0.15) is 4.21 Å². The predicted molar refractivity (Wildman–Crippen MR) is 101 cm³/mol. The molecule has 0 unspecified atom stereocenters. The third-order valence-corrected chi connectivity index (χ3v) is 6.26. The minimum atomic E-state index is -3.70. The van der Waals surface area contributed by atoms with Gasteiger partial charge in [0.25, 0.3) is 15.9 Å². The number of para-hydroxylation sites is 2. The average Bonchev–Trinajstić information content (AvgIpc) is 3.12. The second-order valence-electron chi connectivity index (χ2n) is 5.05. The lowest BCUT2D eigenvalue weighted by atomic mass is 10.2. The van der Waals surface area contributed by atoms with E-state index in [4.69, 9.17) is 11.6 Å². The molecule has 8 heteroatoms. The number of halogens is 1. The summed E-state index contributed by atoms with van der Waals surface area (Å²) in [7, 11) is -3.70. The van der Waals surface area contributed by atoms with Gasteiger partial charge in [-0.1, -0.05) is 35.9 Å². The Balaban J connectivity index is 1.85. The minimum Gasteiger partial charge on any atom is -0.320 e. The van der Waals surface area contributed by atoms with Crippen molar-refractivity contribution in [3.8, 4) is 0 Å². The normalized spacial score (nSPS) is 11.1. The Morgan fingerprint density at radius 1 is 0.960 bits per heavy atom. The van der Waals surface area contributed by atoms with E-state index in [0.717, 1.165) is 11.3 Å². The van der Waals surface area contributed by atoms with Crippen molar-refractivity contribution in [3.05, 3.63) is 76.6 Å². The number of carbonyl (C=O) groups is 1. The molecule has 0 spiro atoms. The first-order valence-corrected chi connectivity index (χ1v) is 9.92. The molecule has 0 atom stereocenters. The van der Waals surface area contributed by atoms with Gasteiger partial charge in [-0.3, -0.25) is 9.52 Å². The van der Waals surface area contributed by atoms with Crippen LogP contribution in [0.3, 0.4) is 0 Å². The second kappa shape index (κ2) is 7.26. The zero-order valence-corrected chi connectivity index (χ0v) is 15.2. The molecule has 0 aliphatic heterocycles. The fourth-order valence-electron chi connectivity index (χ4n) is 2.12. The third kappa shape index (κ3) is 4.19. The van der Waals surface area contributed by atoms with Crippen LogP contribution in [0.2, 0.25) is 5.02 Å². The molecule has 0 bridgehead atoms. The van der Waals surface area contributed by atoms with Crippen molar-refractivity contribution in [1.82, 2.24) is 0 Å². The monoisotopic (exact) mass is 392 g/mol. The number of nitrogens with one attached hydrogen (secondary N) is 2. The van der Waals surface area contributed by atoms with Gasteiger partial charge in [0, 0.05) is 10.6 Å². The molecule has 0 aliphatic rings. The Labute approximate surface area is 154 Å². The first-order chi connectivity index (χ1) is 12.0. The van der Waals surface area contributed by atoms with Crippen LogP contribution < -0.4 is 10.0 Å². The Kier molecular flexibility index (Phi) is 5.08. The number of thiophene rings is 1. The second-order valence-corrected chi connectivity index (χ2v) is 8.34. The van der Waals surface area contributed by atoms with Gasteiger partial charge < -0.3 is 5.32 Å². The largest absolute Gasteiger partial charge is 0.320 e. The number of hydrogen-bond acceptors (Lipinski definition) is 4. The van der Waals surface area contributed by atoms with Gasteiger partial charge in [-0.25, -0.2) is 8.42 Å². The lowest BCUT2D eigenvalue weighted by molar-refractivity contribution is 0.102. The van der Waals surface area contributed by atoms with Gasteiger partial charge in [-0.2, -0.15) is 0 Å². The SMILES string of the molecule is O=C(Nc1ccccc1NS(=O)(=O)c1cccs1)c1cccc(Cl)c1. The summed E-state index contributed by atoms with van der Waals surface area (Å²) in [6.45, 7) is 0. The quantitative estimate of drug-likeness (QED) is 0.673. The Morgan fingerprint density at radius 2 is 1.72 bits per heavy atom. The van der Waals surface area contributed by atoms with E-state index in [0.29, 0.717) is 16.3 Å². The van der Waals surface area contributed by atoms with E-state index >= 15 is 0 Å². The molecular formula is C17H13ClN2O3S2. The smallest absolute Gasteiger partial charge is 0.271 e. The summed E-state index contributed by atoms with van der Waals surface area (Å²) in [4.78, 5) is 12.4. The number of anilines is 2. The molecule has 0 saturated heterocycles. The molecule has 1 heterocycles. The zero-order chi connectivity index (χ0) is 17.9. The van der Waals surface area contributed by atoms with Gasteiger partial charge in [0.05, 0.1) is 11.4 Å². The van der Waals surface area contributed by atoms with Crippen LogP contribution >= 0.6 is 22.9 Å². The van der Waals surface area contributed by atoms with Gasteiger partial charge in [-0.05, 0) is 41.8 Å². The number of carbonyl (C=O) groups excluding carboxylic acids is 1. The fourth-order valence-corrected chi connectivity index (χ4v) is 4.38. The highest BCUT2D eigenvalue weighted by atomic mass is 35.5. The summed E-state index contributed by atoms with van der Waals surface area (Å²) in [6.07, 6.45) is 0. The number of rotatable bonds is 5. The standard InChI is InChI=1S/C17H13ClN2O3S2/c18-13-6-3-5-12(11-13)17(21)19-14-7-1-2-8-15(14)20-25(22,23)16-9-4-10-24-16/h1-11,20H,(H,19,21). The molecule has 1 amide bonds. The van der Waals surface area contributed by atoms with Crippen LogP contribution in [0.15, 0.2) is 70.3 Å². The summed E-state index contributed by atoms with van der Waals surface area (Å²) in [6, 6.07) is 16.3. The summed E-state index contributed by atoms with van der Waals surface area (Å²) in [5.74, 6) is -0.384. The summed E-state index contributed by atoms with van der Waals surface area (Å²) in [5, 5.41) is 4.83. The topological polar surface area (TPSA) is 75.3 Å². The van der Waals surface area contributed by atoms with Gasteiger partial charge >= 0.3 is 0 Å². The lowest BCUT2D eigenvalue weighted by Gasteiger charge is -2.13. The van der Waals surface area contributed by atoms with Crippen molar-refractivity contribution < 1.29 is 13.2 Å². The highest BCUT2D eigenvalue weighted by Gasteiger charge is 2.18. The lowest BCUT2D eigenvalue weighted by Crippen LogP contribution is -2.16. The molecule has 3 rings (SSSR count). The number of sulfonamides is 1. The van der Waals surface area contributed by atoms with E-state index in [1.165, 1.54) is 12.1 Å². The Bertz CT molecular complexity index is 1000. The van der Waals surface area contributed by atoms with E-state index in [2.05, 4.69) is 10.0 Å². The van der Waals surface area contributed by atoms with E-state index < -0.39 is 10.0 Å². The molecule has 0 aliphatic carbocycles. The van der Waals surface area contributed by atoms with Gasteiger partial charge in [0.15, 0.2) is 0 Å². The molecule has 2 N–H and O–H groups in total. The molecule has 128 valence electrons. The van der Waals surface area contributed by atoms with Crippen molar-refractivity contribution in [2.45, 2.75) is 4.21 Å². The van der Waals surface area contributed by atoms with E-state index in [9.17, 15) is 13.2 Å². The average molecular weight is 393 g/mol.